The summed E-state index contributed by atoms with van der Waals surface area (Å²) in [5.41, 5.74) is 0. The molecule has 0 unspecified atom stereocenters. The molecule has 0 aliphatic rings. The van der Waals surface area contributed by atoms with Crippen molar-refractivity contribution >= 4 is 5.91 Å². The van der Waals surface area contributed by atoms with Crippen molar-refractivity contribution in [2.45, 2.75) is 20.3 Å². The van der Waals surface area contributed by atoms with E-state index < -0.39 is 0 Å². The second-order valence-electron chi connectivity index (χ2n) is 4.91. The lowest BCUT2D eigenvalue weighted by Gasteiger charge is -2.08. The predicted molar refractivity (Wildman–Crippen MR) is 75.2 cm³/mol. The van der Waals surface area contributed by atoms with Crippen molar-refractivity contribution in [2.75, 3.05) is 26.4 Å². The molecule has 0 saturated heterocycles. The molecule has 0 radical (unpaired) electrons. The molecule has 0 heterocycles. The molecule has 1 aromatic rings. The normalized spacial score (nSPS) is 10.6. The van der Waals surface area contributed by atoms with Crippen molar-refractivity contribution in [3.63, 3.8) is 0 Å². The van der Waals surface area contributed by atoms with Crippen LogP contribution < -0.4 is 10.1 Å². The lowest BCUT2D eigenvalue weighted by atomic mass is 10.2. The molecule has 5 heteroatoms. The standard InChI is InChI=1S/C15H22FNO3/c1-12(2)10-19-9-3-8-17-15(18)11-20-14-6-4-13(16)5-7-14/h4-7,12H,3,8-11H2,1-2H3,(H,17,18). The minimum atomic E-state index is -0.330. The number of hydrogen-bond acceptors (Lipinski definition) is 3. The van der Waals surface area contributed by atoms with Crippen LogP contribution in [0.25, 0.3) is 0 Å². The molecular weight excluding hydrogens is 261 g/mol. The molecule has 1 aromatic carbocycles. The highest BCUT2D eigenvalue weighted by Crippen LogP contribution is 2.10. The van der Waals surface area contributed by atoms with Gasteiger partial charge in [0.2, 0.25) is 0 Å². The minimum Gasteiger partial charge on any atom is -0.484 e. The van der Waals surface area contributed by atoms with Crippen LogP contribution in [0.5, 0.6) is 5.75 Å². The largest absolute Gasteiger partial charge is 0.484 e. The van der Waals surface area contributed by atoms with Crippen molar-refractivity contribution in [3.8, 4) is 5.75 Å². The Hall–Kier alpha value is -1.62. The van der Waals surface area contributed by atoms with E-state index in [1.54, 1.807) is 0 Å². The van der Waals surface area contributed by atoms with Crippen LogP contribution in [0.4, 0.5) is 4.39 Å². The average molecular weight is 283 g/mol. The number of amides is 1. The third kappa shape index (κ3) is 7.74. The number of carbonyl (C=O) groups is 1. The lowest BCUT2D eigenvalue weighted by Crippen LogP contribution is -2.30. The monoisotopic (exact) mass is 283 g/mol. The first-order valence-electron chi connectivity index (χ1n) is 6.80. The molecule has 1 rings (SSSR count). The molecule has 0 saturated carbocycles. The van der Waals surface area contributed by atoms with E-state index in [9.17, 15) is 9.18 Å². The lowest BCUT2D eigenvalue weighted by molar-refractivity contribution is -0.123. The molecule has 1 N–H and O–H groups in total. The third-order valence-electron chi connectivity index (χ3n) is 2.42. The van der Waals surface area contributed by atoms with Gasteiger partial charge in [0.1, 0.15) is 11.6 Å². The Bertz CT molecular complexity index is 393. The molecule has 0 spiro atoms. The van der Waals surface area contributed by atoms with Crippen molar-refractivity contribution in [1.29, 1.82) is 0 Å². The summed E-state index contributed by atoms with van der Waals surface area (Å²) in [6.45, 7) is 6.05. The zero-order valence-electron chi connectivity index (χ0n) is 12.0. The highest BCUT2D eigenvalue weighted by Gasteiger charge is 2.02. The zero-order valence-corrected chi connectivity index (χ0v) is 12.0. The van der Waals surface area contributed by atoms with Gasteiger partial charge in [-0.3, -0.25) is 4.79 Å². The Kier molecular flexibility index (Phi) is 7.65. The van der Waals surface area contributed by atoms with Gasteiger partial charge in [0.15, 0.2) is 6.61 Å². The van der Waals surface area contributed by atoms with Gasteiger partial charge < -0.3 is 14.8 Å². The maximum atomic E-state index is 12.7. The van der Waals surface area contributed by atoms with E-state index in [0.29, 0.717) is 24.8 Å². The zero-order chi connectivity index (χ0) is 14.8. The number of ether oxygens (including phenoxy) is 2. The van der Waals surface area contributed by atoms with E-state index in [1.165, 1.54) is 24.3 Å². The average Bonchev–Trinajstić information content (AvgIpc) is 2.41. The number of carbonyl (C=O) groups excluding carboxylic acids is 1. The number of halogens is 1. The van der Waals surface area contributed by atoms with Gasteiger partial charge in [-0.05, 0) is 36.6 Å². The number of nitrogens with one attached hydrogen (secondary N) is 1. The van der Waals surface area contributed by atoms with Gasteiger partial charge in [0.05, 0.1) is 0 Å². The molecule has 112 valence electrons. The SMILES string of the molecule is CC(C)COCCCNC(=O)COc1ccc(F)cc1. The number of benzene rings is 1. The Morgan fingerprint density at radius 3 is 2.65 bits per heavy atom. The Balaban J connectivity index is 2.04. The van der Waals surface area contributed by atoms with Crippen LogP contribution in [0.1, 0.15) is 20.3 Å². The molecule has 0 aliphatic carbocycles. The van der Waals surface area contributed by atoms with Gasteiger partial charge in [0, 0.05) is 19.8 Å². The second kappa shape index (κ2) is 9.31. The van der Waals surface area contributed by atoms with Crippen molar-refractivity contribution in [3.05, 3.63) is 30.1 Å². The van der Waals surface area contributed by atoms with Gasteiger partial charge >= 0.3 is 0 Å². The summed E-state index contributed by atoms with van der Waals surface area (Å²) >= 11 is 0. The fraction of sp³-hybridized carbons (Fsp3) is 0.533. The van der Waals surface area contributed by atoms with E-state index in [2.05, 4.69) is 19.2 Å². The number of hydrogen-bond donors (Lipinski definition) is 1. The summed E-state index contributed by atoms with van der Waals surface area (Å²) < 4.78 is 23.3. The van der Waals surface area contributed by atoms with Gasteiger partial charge in [0.25, 0.3) is 5.91 Å². The maximum Gasteiger partial charge on any atom is 0.257 e. The molecule has 0 aliphatic heterocycles. The van der Waals surface area contributed by atoms with Crippen LogP contribution in [0.3, 0.4) is 0 Å². The quantitative estimate of drug-likeness (QED) is 0.708. The van der Waals surface area contributed by atoms with Gasteiger partial charge in [-0.2, -0.15) is 0 Å². The molecule has 1 amide bonds. The van der Waals surface area contributed by atoms with Gasteiger partial charge in [-0.15, -0.1) is 0 Å². The fourth-order valence-corrected chi connectivity index (χ4v) is 1.45. The number of rotatable bonds is 9. The van der Waals surface area contributed by atoms with Crippen LogP contribution in [0, 0.1) is 11.7 Å². The van der Waals surface area contributed by atoms with E-state index in [1.807, 2.05) is 0 Å². The molecule has 0 atom stereocenters. The van der Waals surface area contributed by atoms with Crippen LogP contribution in [-0.4, -0.2) is 32.3 Å². The third-order valence-corrected chi connectivity index (χ3v) is 2.42. The molecule has 0 aromatic heterocycles. The van der Waals surface area contributed by atoms with Crippen molar-refractivity contribution in [2.24, 2.45) is 5.92 Å². The van der Waals surface area contributed by atoms with E-state index >= 15 is 0 Å². The van der Waals surface area contributed by atoms with Gasteiger partial charge in [-0.25, -0.2) is 4.39 Å². The first-order valence-corrected chi connectivity index (χ1v) is 6.80. The summed E-state index contributed by atoms with van der Waals surface area (Å²) in [6, 6.07) is 5.56. The van der Waals surface area contributed by atoms with Crippen LogP contribution in [0.2, 0.25) is 0 Å². The second-order valence-corrected chi connectivity index (χ2v) is 4.91. The molecule has 0 fully saturated rings. The summed E-state index contributed by atoms with van der Waals surface area (Å²) in [6.07, 6.45) is 0.773. The Morgan fingerprint density at radius 2 is 2.00 bits per heavy atom. The summed E-state index contributed by atoms with van der Waals surface area (Å²) in [5.74, 6) is 0.469. The van der Waals surface area contributed by atoms with Crippen molar-refractivity contribution in [1.82, 2.24) is 5.32 Å². The molecular formula is C15H22FNO3. The van der Waals surface area contributed by atoms with E-state index in [4.69, 9.17) is 9.47 Å². The smallest absolute Gasteiger partial charge is 0.257 e. The highest BCUT2D eigenvalue weighted by molar-refractivity contribution is 5.77. The Morgan fingerprint density at radius 1 is 1.30 bits per heavy atom. The first-order chi connectivity index (χ1) is 9.58. The van der Waals surface area contributed by atoms with E-state index in [-0.39, 0.29) is 18.3 Å². The molecule has 0 bridgehead atoms. The topological polar surface area (TPSA) is 47.6 Å². The van der Waals surface area contributed by atoms with Crippen LogP contribution in [0.15, 0.2) is 24.3 Å². The molecule has 4 nitrogen and oxygen atoms in total. The molecule has 20 heavy (non-hydrogen) atoms. The Labute approximate surface area is 119 Å². The summed E-state index contributed by atoms with van der Waals surface area (Å²) in [4.78, 5) is 11.5. The van der Waals surface area contributed by atoms with Crippen LogP contribution in [-0.2, 0) is 9.53 Å². The van der Waals surface area contributed by atoms with Crippen molar-refractivity contribution < 1.29 is 18.7 Å². The maximum absolute atomic E-state index is 12.7. The highest BCUT2D eigenvalue weighted by atomic mass is 19.1. The van der Waals surface area contributed by atoms with E-state index in [0.717, 1.165) is 13.0 Å². The predicted octanol–water partition coefficient (Wildman–Crippen LogP) is 2.38. The first kappa shape index (κ1) is 16.4. The fourth-order valence-electron chi connectivity index (χ4n) is 1.45. The minimum absolute atomic E-state index is 0.0709. The summed E-state index contributed by atoms with van der Waals surface area (Å²) in [7, 11) is 0. The van der Waals surface area contributed by atoms with Gasteiger partial charge in [-0.1, -0.05) is 13.8 Å². The summed E-state index contributed by atoms with van der Waals surface area (Å²) in [5, 5.41) is 2.73. The van der Waals surface area contributed by atoms with Crippen LogP contribution >= 0.6 is 0 Å².